The second-order valence-corrected chi connectivity index (χ2v) is 3.10. The zero-order chi connectivity index (χ0) is 12.1. The highest BCUT2D eigenvalue weighted by Gasteiger charge is 2.19. The van der Waals surface area contributed by atoms with E-state index < -0.39 is 17.8 Å². The molecule has 0 aliphatic rings. The quantitative estimate of drug-likeness (QED) is 0.663. The summed E-state index contributed by atoms with van der Waals surface area (Å²) in [5.74, 6) is -0.00758. The van der Waals surface area contributed by atoms with Gasteiger partial charge in [-0.15, -0.1) is 6.42 Å². The predicted molar refractivity (Wildman–Crippen MR) is 55.3 cm³/mol. The monoisotopic (exact) mass is 223 g/mol. The molecule has 0 bridgehead atoms. The standard InChI is InChI=1S/C11H10FNO3/c1-2-3-13-10(11(15)16)7-4-8(12)6-9(14)5-7/h1,4-6,10,13-14H,3H2,(H,15,16). The molecular weight excluding hydrogens is 213 g/mol. The molecule has 1 aromatic carbocycles. The molecule has 0 fully saturated rings. The van der Waals surface area contributed by atoms with E-state index in [0.717, 1.165) is 12.1 Å². The molecule has 1 unspecified atom stereocenters. The molecular formula is C11H10FNO3. The van der Waals surface area contributed by atoms with Crippen molar-refractivity contribution in [3.8, 4) is 18.1 Å². The minimum absolute atomic E-state index is 0.0360. The summed E-state index contributed by atoms with van der Waals surface area (Å²) in [5, 5.41) is 20.6. The lowest BCUT2D eigenvalue weighted by Gasteiger charge is -2.13. The maximum absolute atomic E-state index is 13.0. The first-order chi connectivity index (χ1) is 7.54. The van der Waals surface area contributed by atoms with E-state index in [0.29, 0.717) is 0 Å². The van der Waals surface area contributed by atoms with E-state index >= 15 is 0 Å². The fraction of sp³-hybridized carbons (Fsp3) is 0.182. The highest BCUT2D eigenvalue weighted by Crippen LogP contribution is 2.20. The Hall–Kier alpha value is -2.06. The molecule has 0 amide bonds. The lowest BCUT2D eigenvalue weighted by Crippen LogP contribution is -2.28. The van der Waals surface area contributed by atoms with Gasteiger partial charge in [0.15, 0.2) is 0 Å². The molecule has 0 saturated carbocycles. The Morgan fingerprint density at radius 3 is 2.75 bits per heavy atom. The number of rotatable bonds is 4. The number of hydrogen-bond acceptors (Lipinski definition) is 3. The summed E-state index contributed by atoms with van der Waals surface area (Å²) in [6, 6.07) is 1.95. The summed E-state index contributed by atoms with van der Waals surface area (Å²) < 4.78 is 13.0. The van der Waals surface area contributed by atoms with Crippen LogP contribution in [-0.2, 0) is 4.79 Å². The number of phenolic OH excluding ortho intramolecular Hbond substituents is 1. The minimum Gasteiger partial charge on any atom is -0.508 e. The summed E-state index contributed by atoms with van der Waals surface area (Å²) in [6.07, 6.45) is 4.99. The number of benzene rings is 1. The van der Waals surface area contributed by atoms with Gasteiger partial charge in [-0.05, 0) is 17.7 Å². The van der Waals surface area contributed by atoms with Crippen LogP contribution in [-0.4, -0.2) is 22.7 Å². The van der Waals surface area contributed by atoms with Gasteiger partial charge in [0.1, 0.15) is 17.6 Å². The van der Waals surface area contributed by atoms with E-state index in [4.69, 9.17) is 16.6 Å². The van der Waals surface area contributed by atoms with E-state index in [1.165, 1.54) is 6.07 Å². The maximum atomic E-state index is 13.0. The van der Waals surface area contributed by atoms with Crippen LogP contribution < -0.4 is 5.32 Å². The van der Waals surface area contributed by atoms with Crippen molar-refractivity contribution in [1.29, 1.82) is 0 Å². The number of aromatic hydroxyl groups is 1. The second-order valence-electron chi connectivity index (χ2n) is 3.10. The van der Waals surface area contributed by atoms with Crippen LogP contribution >= 0.6 is 0 Å². The van der Waals surface area contributed by atoms with Crippen molar-refractivity contribution in [2.75, 3.05) is 6.54 Å². The topological polar surface area (TPSA) is 69.6 Å². The van der Waals surface area contributed by atoms with Gasteiger partial charge in [-0.2, -0.15) is 0 Å². The molecule has 0 saturated heterocycles. The fourth-order valence-electron chi connectivity index (χ4n) is 1.27. The van der Waals surface area contributed by atoms with Gasteiger partial charge in [0.05, 0.1) is 6.54 Å². The number of hydrogen-bond donors (Lipinski definition) is 3. The number of carboxylic acids is 1. The first kappa shape index (κ1) is 12.0. The Kier molecular flexibility index (Phi) is 3.86. The van der Waals surface area contributed by atoms with Crippen LogP contribution in [0.3, 0.4) is 0 Å². The van der Waals surface area contributed by atoms with E-state index in [9.17, 15) is 9.18 Å². The molecule has 1 aromatic rings. The van der Waals surface area contributed by atoms with E-state index in [2.05, 4.69) is 11.2 Å². The molecule has 84 valence electrons. The zero-order valence-corrected chi connectivity index (χ0v) is 8.27. The van der Waals surface area contributed by atoms with E-state index in [1.807, 2.05) is 0 Å². The molecule has 0 aromatic heterocycles. The summed E-state index contributed by atoms with van der Waals surface area (Å²) in [7, 11) is 0. The Balaban J connectivity index is 3.01. The summed E-state index contributed by atoms with van der Waals surface area (Å²) in [5.41, 5.74) is 0.111. The molecule has 0 spiro atoms. The SMILES string of the molecule is C#CCNC(C(=O)O)c1cc(O)cc(F)c1. The highest BCUT2D eigenvalue weighted by atomic mass is 19.1. The van der Waals surface area contributed by atoms with Gasteiger partial charge in [0.2, 0.25) is 0 Å². The van der Waals surface area contributed by atoms with Gasteiger partial charge in [-0.25, -0.2) is 4.39 Å². The zero-order valence-electron chi connectivity index (χ0n) is 8.27. The average molecular weight is 223 g/mol. The molecule has 16 heavy (non-hydrogen) atoms. The Morgan fingerprint density at radius 2 is 2.25 bits per heavy atom. The Morgan fingerprint density at radius 1 is 1.56 bits per heavy atom. The van der Waals surface area contributed by atoms with Crippen LogP contribution in [0.15, 0.2) is 18.2 Å². The smallest absolute Gasteiger partial charge is 0.325 e. The minimum atomic E-state index is -1.19. The number of carbonyl (C=O) groups is 1. The molecule has 0 aliphatic carbocycles. The Labute approximate surface area is 91.7 Å². The molecule has 0 aliphatic heterocycles. The van der Waals surface area contributed by atoms with Gasteiger partial charge in [0, 0.05) is 6.07 Å². The molecule has 4 nitrogen and oxygen atoms in total. The second kappa shape index (κ2) is 5.14. The van der Waals surface area contributed by atoms with Crippen molar-refractivity contribution in [2.45, 2.75) is 6.04 Å². The average Bonchev–Trinajstić information content (AvgIpc) is 2.16. The molecule has 1 rings (SSSR count). The fourth-order valence-corrected chi connectivity index (χ4v) is 1.27. The number of phenols is 1. The summed E-state index contributed by atoms with van der Waals surface area (Å²) in [4.78, 5) is 10.9. The first-order valence-electron chi connectivity index (χ1n) is 4.43. The van der Waals surface area contributed by atoms with Gasteiger partial charge >= 0.3 is 5.97 Å². The van der Waals surface area contributed by atoms with Crippen molar-refractivity contribution in [1.82, 2.24) is 5.32 Å². The normalized spacial score (nSPS) is 11.8. The lowest BCUT2D eigenvalue weighted by molar-refractivity contribution is -0.139. The number of terminal acetylenes is 1. The van der Waals surface area contributed by atoms with Crippen molar-refractivity contribution >= 4 is 5.97 Å². The van der Waals surface area contributed by atoms with E-state index in [-0.39, 0.29) is 17.9 Å². The first-order valence-corrected chi connectivity index (χ1v) is 4.43. The summed E-state index contributed by atoms with van der Waals surface area (Å²) in [6.45, 7) is 0.0360. The third-order valence-electron chi connectivity index (χ3n) is 1.89. The molecule has 0 heterocycles. The molecule has 3 N–H and O–H groups in total. The number of aliphatic carboxylic acids is 1. The number of halogens is 1. The molecule has 0 radical (unpaired) electrons. The summed E-state index contributed by atoms with van der Waals surface area (Å²) >= 11 is 0. The van der Waals surface area contributed by atoms with Crippen molar-refractivity contribution in [3.63, 3.8) is 0 Å². The Bertz CT molecular complexity index is 419. The maximum Gasteiger partial charge on any atom is 0.325 e. The molecule has 1 atom stereocenters. The lowest BCUT2D eigenvalue weighted by atomic mass is 10.1. The number of nitrogens with one attached hydrogen (secondary N) is 1. The van der Waals surface area contributed by atoms with E-state index in [1.54, 1.807) is 0 Å². The highest BCUT2D eigenvalue weighted by molar-refractivity contribution is 5.75. The van der Waals surface area contributed by atoms with Gasteiger partial charge in [-0.1, -0.05) is 5.92 Å². The van der Waals surface area contributed by atoms with Crippen molar-refractivity contribution < 1.29 is 19.4 Å². The number of carboxylic acid groups (broad SMARTS) is 1. The van der Waals surface area contributed by atoms with Gasteiger partial charge in [-0.3, -0.25) is 10.1 Å². The molecule has 5 heteroatoms. The van der Waals surface area contributed by atoms with Crippen LogP contribution in [0.5, 0.6) is 5.75 Å². The third kappa shape index (κ3) is 2.97. The predicted octanol–water partition coefficient (Wildman–Crippen LogP) is 0.880. The van der Waals surface area contributed by atoms with Crippen molar-refractivity contribution in [3.05, 3.63) is 29.6 Å². The largest absolute Gasteiger partial charge is 0.508 e. The van der Waals surface area contributed by atoms with Crippen molar-refractivity contribution in [2.24, 2.45) is 0 Å². The third-order valence-corrected chi connectivity index (χ3v) is 1.89. The van der Waals surface area contributed by atoms with Crippen LogP contribution in [0.1, 0.15) is 11.6 Å². The van der Waals surface area contributed by atoms with Gasteiger partial charge < -0.3 is 10.2 Å². The van der Waals surface area contributed by atoms with Crippen LogP contribution in [0.4, 0.5) is 4.39 Å². The van der Waals surface area contributed by atoms with Crippen LogP contribution in [0.2, 0.25) is 0 Å². The van der Waals surface area contributed by atoms with Gasteiger partial charge in [0.25, 0.3) is 0 Å². The van der Waals surface area contributed by atoms with Crippen LogP contribution in [0.25, 0.3) is 0 Å². The van der Waals surface area contributed by atoms with Crippen LogP contribution in [0, 0.1) is 18.2 Å².